The van der Waals surface area contributed by atoms with Crippen LogP contribution in [0.15, 0.2) is 30.3 Å². The van der Waals surface area contributed by atoms with Gasteiger partial charge in [-0.25, -0.2) is 0 Å². The van der Waals surface area contributed by atoms with Crippen molar-refractivity contribution in [3.63, 3.8) is 0 Å². The van der Waals surface area contributed by atoms with Crippen LogP contribution < -0.4 is 0 Å². The van der Waals surface area contributed by atoms with Gasteiger partial charge in [0.25, 0.3) is 5.91 Å². The number of nitrogens with one attached hydrogen (secondary N) is 1. The van der Waals surface area contributed by atoms with Crippen LogP contribution in [0.4, 0.5) is 0 Å². The molecule has 1 saturated heterocycles. The average Bonchev–Trinajstić information content (AvgIpc) is 3.02. The van der Waals surface area contributed by atoms with Gasteiger partial charge >= 0.3 is 0 Å². The minimum absolute atomic E-state index is 0.0722. The van der Waals surface area contributed by atoms with Gasteiger partial charge in [-0.3, -0.25) is 9.89 Å². The van der Waals surface area contributed by atoms with Crippen LogP contribution in [0, 0.1) is 6.92 Å². The minimum atomic E-state index is 0.0722. The third-order valence-electron chi connectivity index (χ3n) is 4.76. The number of nitrogens with zero attached hydrogens (tertiary/aromatic N) is 2. The summed E-state index contributed by atoms with van der Waals surface area (Å²) >= 11 is 0. The van der Waals surface area contributed by atoms with Gasteiger partial charge in [-0.2, -0.15) is 5.10 Å². The Labute approximate surface area is 149 Å². The van der Waals surface area contributed by atoms with Crippen molar-refractivity contribution < 1.29 is 9.53 Å². The van der Waals surface area contributed by atoms with Gasteiger partial charge in [0.2, 0.25) is 0 Å². The Kier molecular flexibility index (Phi) is 5.53. The van der Waals surface area contributed by atoms with Crippen LogP contribution in [0.2, 0.25) is 0 Å². The van der Waals surface area contributed by atoms with Crippen LogP contribution >= 0.6 is 0 Å². The van der Waals surface area contributed by atoms with Gasteiger partial charge in [-0.05, 0) is 31.2 Å². The summed E-state index contributed by atoms with van der Waals surface area (Å²) < 4.78 is 5.89. The molecule has 5 nitrogen and oxygen atoms in total. The number of hydrogen-bond acceptors (Lipinski definition) is 3. The van der Waals surface area contributed by atoms with Crippen LogP contribution in [0.1, 0.15) is 53.5 Å². The number of benzene rings is 1. The first kappa shape index (κ1) is 17.7. The fourth-order valence-electron chi connectivity index (χ4n) is 3.34. The highest BCUT2D eigenvalue weighted by molar-refractivity contribution is 5.96. The lowest BCUT2D eigenvalue weighted by Gasteiger charge is -2.33. The summed E-state index contributed by atoms with van der Waals surface area (Å²) in [4.78, 5) is 15.0. The predicted octanol–water partition coefficient (Wildman–Crippen LogP) is 3.32. The van der Waals surface area contributed by atoms with Crippen LogP contribution in [0.3, 0.4) is 0 Å². The Hall–Kier alpha value is -2.14. The van der Waals surface area contributed by atoms with Gasteiger partial charge in [-0.1, -0.05) is 44.2 Å². The smallest absolute Gasteiger partial charge is 0.257 e. The van der Waals surface area contributed by atoms with Gasteiger partial charge in [0.05, 0.1) is 24.0 Å². The molecular weight excluding hydrogens is 314 g/mol. The third-order valence-corrected chi connectivity index (χ3v) is 4.76. The van der Waals surface area contributed by atoms with Crippen molar-refractivity contribution in [2.75, 3.05) is 19.7 Å². The Morgan fingerprint density at radius 3 is 2.84 bits per heavy atom. The normalized spacial score (nSPS) is 17.9. The van der Waals surface area contributed by atoms with E-state index in [1.54, 1.807) is 0 Å². The van der Waals surface area contributed by atoms with E-state index >= 15 is 0 Å². The molecule has 1 atom stereocenters. The van der Waals surface area contributed by atoms with Crippen LogP contribution in [-0.2, 0) is 11.2 Å². The van der Waals surface area contributed by atoms with E-state index in [1.807, 2.05) is 17.9 Å². The molecule has 25 heavy (non-hydrogen) atoms. The third kappa shape index (κ3) is 4.10. The largest absolute Gasteiger partial charge is 0.375 e. The lowest BCUT2D eigenvalue weighted by atomic mass is 10.0. The molecule has 1 amide bonds. The lowest BCUT2D eigenvalue weighted by Crippen LogP contribution is -2.46. The minimum Gasteiger partial charge on any atom is -0.375 e. The zero-order valence-corrected chi connectivity index (χ0v) is 15.3. The number of rotatable bonds is 5. The molecule has 1 aliphatic rings. The molecule has 0 saturated carbocycles. The first-order chi connectivity index (χ1) is 12.1. The monoisotopic (exact) mass is 341 g/mol. The topological polar surface area (TPSA) is 58.2 Å². The number of H-pyrrole nitrogens is 1. The van der Waals surface area contributed by atoms with Crippen molar-refractivity contribution in [3.8, 4) is 0 Å². The first-order valence-electron chi connectivity index (χ1n) is 9.06. The molecule has 0 aliphatic carbocycles. The maximum atomic E-state index is 13.0. The van der Waals surface area contributed by atoms with Gasteiger partial charge in [0, 0.05) is 18.8 Å². The Morgan fingerprint density at radius 2 is 2.12 bits per heavy atom. The quantitative estimate of drug-likeness (QED) is 0.908. The molecule has 1 aromatic carbocycles. The Balaban J connectivity index is 1.65. The van der Waals surface area contributed by atoms with E-state index in [0.717, 1.165) is 29.8 Å². The van der Waals surface area contributed by atoms with Gasteiger partial charge in [0.1, 0.15) is 0 Å². The van der Waals surface area contributed by atoms with Crippen molar-refractivity contribution in [3.05, 3.63) is 52.8 Å². The second kappa shape index (κ2) is 7.83. The molecule has 0 spiro atoms. The molecule has 1 fully saturated rings. The van der Waals surface area contributed by atoms with E-state index in [9.17, 15) is 4.79 Å². The highest BCUT2D eigenvalue weighted by Gasteiger charge is 2.29. The van der Waals surface area contributed by atoms with Gasteiger partial charge in [-0.15, -0.1) is 0 Å². The summed E-state index contributed by atoms with van der Waals surface area (Å²) in [5.74, 6) is 0.293. The summed E-state index contributed by atoms with van der Waals surface area (Å²) in [6.45, 7) is 7.93. The molecule has 1 aliphatic heterocycles. The van der Waals surface area contributed by atoms with Crippen LogP contribution in [0.5, 0.6) is 0 Å². The summed E-state index contributed by atoms with van der Waals surface area (Å²) in [5, 5.41) is 7.29. The van der Waals surface area contributed by atoms with Crippen molar-refractivity contribution in [2.24, 2.45) is 0 Å². The number of aryl methyl sites for hydroxylation is 2. The molecule has 2 aromatic rings. The first-order valence-corrected chi connectivity index (χ1v) is 9.06. The average molecular weight is 341 g/mol. The molecule has 1 N–H and O–H groups in total. The molecule has 5 heteroatoms. The molecule has 2 heterocycles. The number of ether oxygens (including phenoxy) is 1. The van der Waals surface area contributed by atoms with Crippen molar-refractivity contribution >= 4 is 5.91 Å². The van der Waals surface area contributed by atoms with E-state index in [2.05, 4.69) is 48.3 Å². The number of carbonyl (C=O) groups is 1. The highest BCUT2D eigenvalue weighted by atomic mass is 16.5. The van der Waals surface area contributed by atoms with Crippen LogP contribution in [0.25, 0.3) is 0 Å². The van der Waals surface area contributed by atoms with Gasteiger partial charge < -0.3 is 9.64 Å². The van der Waals surface area contributed by atoms with E-state index in [0.29, 0.717) is 19.7 Å². The SMILES string of the molecule is Cc1[nH]nc(C(C)C)c1C(=O)N1CCOC(CCc2ccccc2)C1. The molecule has 0 radical (unpaired) electrons. The highest BCUT2D eigenvalue weighted by Crippen LogP contribution is 2.23. The lowest BCUT2D eigenvalue weighted by molar-refractivity contribution is -0.0246. The van der Waals surface area contributed by atoms with E-state index in [1.165, 1.54) is 5.56 Å². The number of hydrogen-bond donors (Lipinski definition) is 1. The maximum absolute atomic E-state index is 13.0. The predicted molar refractivity (Wildman–Crippen MR) is 97.8 cm³/mol. The van der Waals surface area contributed by atoms with Gasteiger partial charge in [0.15, 0.2) is 0 Å². The summed E-state index contributed by atoms with van der Waals surface area (Å²) in [7, 11) is 0. The zero-order valence-electron chi connectivity index (χ0n) is 15.3. The number of amides is 1. The van der Waals surface area contributed by atoms with Crippen molar-refractivity contribution in [2.45, 2.75) is 45.6 Å². The molecule has 1 aromatic heterocycles. The number of aromatic amines is 1. The second-order valence-electron chi connectivity index (χ2n) is 7.03. The fraction of sp³-hybridized carbons (Fsp3) is 0.500. The molecular formula is C20H27N3O2. The van der Waals surface area contributed by atoms with E-state index in [-0.39, 0.29) is 17.9 Å². The molecule has 1 unspecified atom stereocenters. The fourth-order valence-corrected chi connectivity index (χ4v) is 3.34. The van der Waals surface area contributed by atoms with Crippen LogP contribution in [-0.4, -0.2) is 46.8 Å². The van der Waals surface area contributed by atoms with E-state index in [4.69, 9.17) is 4.74 Å². The maximum Gasteiger partial charge on any atom is 0.257 e. The summed E-state index contributed by atoms with van der Waals surface area (Å²) in [5.41, 5.74) is 3.75. The van der Waals surface area contributed by atoms with E-state index < -0.39 is 0 Å². The Bertz CT molecular complexity index is 709. The number of aromatic nitrogens is 2. The number of morpholine rings is 1. The second-order valence-corrected chi connectivity index (χ2v) is 7.03. The Morgan fingerprint density at radius 1 is 1.36 bits per heavy atom. The molecule has 0 bridgehead atoms. The summed E-state index contributed by atoms with van der Waals surface area (Å²) in [6.07, 6.45) is 1.98. The molecule has 3 rings (SSSR count). The molecule has 134 valence electrons. The van der Waals surface area contributed by atoms with Crippen molar-refractivity contribution in [1.82, 2.24) is 15.1 Å². The standard InChI is InChI=1S/C20H27N3O2/c1-14(2)19-18(15(3)21-22-19)20(24)23-11-12-25-17(13-23)10-9-16-7-5-4-6-8-16/h4-8,14,17H,9-13H2,1-3H3,(H,21,22). The van der Waals surface area contributed by atoms with Crippen molar-refractivity contribution in [1.29, 1.82) is 0 Å². The summed E-state index contributed by atoms with van der Waals surface area (Å²) in [6, 6.07) is 10.4. The number of carbonyl (C=O) groups excluding carboxylic acids is 1. The zero-order chi connectivity index (χ0) is 17.8.